The summed E-state index contributed by atoms with van der Waals surface area (Å²) < 4.78 is 0. The van der Waals surface area contributed by atoms with Crippen LogP contribution in [0.5, 0.6) is 0 Å². The van der Waals surface area contributed by atoms with E-state index >= 15 is 0 Å². The van der Waals surface area contributed by atoms with Crippen LogP contribution in [-0.4, -0.2) is 60.1 Å². The highest BCUT2D eigenvalue weighted by Crippen LogP contribution is 2.18. The first-order valence-electron chi connectivity index (χ1n) is 5.06. The zero-order chi connectivity index (χ0) is 10.9. The van der Waals surface area contributed by atoms with Crippen LogP contribution < -0.4 is 0 Å². The topological polar surface area (TPSA) is 43.8 Å². The number of carbonyl (C=O) groups is 1. The summed E-state index contributed by atoms with van der Waals surface area (Å²) in [6, 6.07) is 0.116. The quantitative estimate of drug-likeness (QED) is 0.698. The third-order valence-electron chi connectivity index (χ3n) is 3.09. The zero-order valence-corrected chi connectivity index (χ0v) is 9.40. The van der Waals surface area contributed by atoms with Crippen molar-refractivity contribution in [3.8, 4) is 0 Å². The predicted molar refractivity (Wildman–Crippen MR) is 55.3 cm³/mol. The highest BCUT2D eigenvalue weighted by molar-refractivity contribution is 5.73. The van der Waals surface area contributed by atoms with Crippen LogP contribution in [-0.2, 0) is 4.79 Å². The lowest BCUT2D eigenvalue weighted by atomic mass is 9.98. The smallest absolute Gasteiger partial charge is 0.322 e. The van der Waals surface area contributed by atoms with Gasteiger partial charge in [-0.25, -0.2) is 0 Å². The molecule has 4 heteroatoms. The highest BCUT2D eigenvalue weighted by Gasteiger charge is 2.34. The van der Waals surface area contributed by atoms with Crippen molar-refractivity contribution in [2.24, 2.45) is 5.92 Å². The number of rotatable bonds is 2. The van der Waals surface area contributed by atoms with E-state index in [1.807, 2.05) is 19.0 Å². The molecule has 0 aromatic heterocycles. The normalized spacial score (nSPS) is 30.9. The second kappa shape index (κ2) is 4.28. The van der Waals surface area contributed by atoms with Crippen LogP contribution in [0, 0.1) is 5.92 Å². The van der Waals surface area contributed by atoms with Crippen molar-refractivity contribution < 1.29 is 9.90 Å². The van der Waals surface area contributed by atoms with Crippen molar-refractivity contribution in [2.75, 3.05) is 27.2 Å². The van der Waals surface area contributed by atoms with Crippen LogP contribution in [0.2, 0.25) is 0 Å². The molecule has 82 valence electrons. The molecule has 14 heavy (non-hydrogen) atoms. The van der Waals surface area contributed by atoms with E-state index in [1.54, 1.807) is 0 Å². The summed E-state index contributed by atoms with van der Waals surface area (Å²) in [5.41, 5.74) is 0. The maximum atomic E-state index is 10.9. The molecule has 1 aliphatic heterocycles. The minimum Gasteiger partial charge on any atom is -0.480 e. The molecule has 0 saturated carbocycles. The molecule has 1 N–H and O–H groups in total. The second-order valence-corrected chi connectivity index (χ2v) is 4.54. The molecule has 1 aliphatic rings. The van der Waals surface area contributed by atoms with Gasteiger partial charge < -0.3 is 5.11 Å². The van der Waals surface area contributed by atoms with Crippen molar-refractivity contribution in [3.05, 3.63) is 0 Å². The first-order valence-corrected chi connectivity index (χ1v) is 5.06. The van der Waals surface area contributed by atoms with Crippen molar-refractivity contribution in [1.29, 1.82) is 0 Å². The summed E-state index contributed by atoms with van der Waals surface area (Å²) in [4.78, 5) is 15.0. The average molecular weight is 200 g/mol. The van der Waals surface area contributed by atoms with E-state index in [1.165, 1.54) is 0 Å². The minimum absolute atomic E-state index is 0.352. The molecule has 1 saturated heterocycles. The zero-order valence-electron chi connectivity index (χ0n) is 9.40. The summed E-state index contributed by atoms with van der Waals surface area (Å²) in [6.45, 7) is 5.81. The number of hydrogen-bond donors (Lipinski definition) is 1. The van der Waals surface area contributed by atoms with Gasteiger partial charge in [-0.3, -0.25) is 14.6 Å². The molecule has 0 aromatic rings. The molecule has 0 aromatic carbocycles. The van der Waals surface area contributed by atoms with E-state index in [-0.39, 0.29) is 6.04 Å². The first kappa shape index (κ1) is 11.5. The summed E-state index contributed by atoms with van der Waals surface area (Å²) in [6.07, 6.45) is 0. The lowest BCUT2D eigenvalue weighted by molar-refractivity contribution is -0.146. The average Bonchev–Trinajstić information content (AvgIpc) is 2.07. The predicted octanol–water partition coefficient (Wildman–Crippen LogP) is 0.341. The fraction of sp³-hybridized carbons (Fsp3) is 0.900. The van der Waals surface area contributed by atoms with E-state index < -0.39 is 5.97 Å². The minimum atomic E-state index is -0.721. The Balaban J connectivity index is 2.66. The molecular weight excluding hydrogens is 180 g/mol. The Morgan fingerprint density at radius 3 is 2.29 bits per heavy atom. The van der Waals surface area contributed by atoms with Gasteiger partial charge in [-0.15, -0.1) is 0 Å². The van der Waals surface area contributed by atoms with Crippen LogP contribution in [0.1, 0.15) is 13.8 Å². The van der Waals surface area contributed by atoms with E-state index in [0.29, 0.717) is 18.5 Å². The van der Waals surface area contributed by atoms with Gasteiger partial charge >= 0.3 is 5.97 Å². The number of likely N-dealkylation sites (N-methyl/N-ethyl adjacent to an activating group) is 2. The van der Waals surface area contributed by atoms with E-state index in [4.69, 9.17) is 5.11 Å². The molecule has 1 heterocycles. The van der Waals surface area contributed by atoms with Crippen molar-refractivity contribution in [1.82, 2.24) is 9.80 Å². The van der Waals surface area contributed by atoms with Crippen LogP contribution in [0.15, 0.2) is 0 Å². The molecule has 1 unspecified atom stereocenters. The van der Waals surface area contributed by atoms with Gasteiger partial charge in [-0.05, 0) is 20.0 Å². The summed E-state index contributed by atoms with van der Waals surface area (Å²) >= 11 is 0. The SMILES string of the molecule is CC(C)C1CN(C)[C@@H](C(=O)O)CN1C. The van der Waals surface area contributed by atoms with Gasteiger partial charge in [0.2, 0.25) is 0 Å². The summed E-state index contributed by atoms with van der Waals surface area (Å²) in [5.74, 6) is -0.154. The number of carboxylic acid groups (broad SMARTS) is 1. The third kappa shape index (κ3) is 2.25. The molecule has 1 fully saturated rings. The molecule has 0 spiro atoms. The highest BCUT2D eigenvalue weighted by atomic mass is 16.4. The fourth-order valence-electron chi connectivity index (χ4n) is 2.10. The van der Waals surface area contributed by atoms with E-state index in [9.17, 15) is 4.79 Å². The van der Waals surface area contributed by atoms with Crippen LogP contribution in [0.25, 0.3) is 0 Å². The van der Waals surface area contributed by atoms with Gasteiger partial charge in [-0.2, -0.15) is 0 Å². The second-order valence-electron chi connectivity index (χ2n) is 4.54. The van der Waals surface area contributed by atoms with Gasteiger partial charge in [0.1, 0.15) is 6.04 Å². The Morgan fingerprint density at radius 2 is 1.86 bits per heavy atom. The Labute approximate surface area is 85.5 Å². The Bertz CT molecular complexity index is 218. The number of aliphatic carboxylic acids is 1. The standard InChI is InChI=1S/C10H20N2O2/c1-7(2)8-5-12(4)9(10(13)14)6-11(8)3/h7-9H,5-6H2,1-4H3,(H,13,14)/t8?,9-/m1/s1. The molecule has 2 atom stereocenters. The van der Waals surface area contributed by atoms with Crippen LogP contribution in [0.4, 0.5) is 0 Å². The van der Waals surface area contributed by atoms with E-state index in [2.05, 4.69) is 18.7 Å². The molecule has 4 nitrogen and oxygen atoms in total. The Morgan fingerprint density at radius 1 is 1.29 bits per heavy atom. The maximum Gasteiger partial charge on any atom is 0.322 e. The number of piperazine rings is 1. The van der Waals surface area contributed by atoms with Gasteiger partial charge in [0.25, 0.3) is 0 Å². The molecule has 0 radical (unpaired) electrons. The number of carboxylic acids is 1. The van der Waals surface area contributed by atoms with Crippen molar-refractivity contribution in [2.45, 2.75) is 25.9 Å². The number of hydrogen-bond acceptors (Lipinski definition) is 3. The van der Waals surface area contributed by atoms with Gasteiger partial charge in [0.05, 0.1) is 0 Å². The monoisotopic (exact) mass is 200 g/mol. The van der Waals surface area contributed by atoms with E-state index in [0.717, 1.165) is 6.54 Å². The first-order chi connectivity index (χ1) is 6.43. The van der Waals surface area contributed by atoms with Crippen LogP contribution >= 0.6 is 0 Å². The summed E-state index contributed by atoms with van der Waals surface area (Å²) in [7, 11) is 3.90. The number of nitrogens with zero attached hydrogens (tertiary/aromatic N) is 2. The van der Waals surface area contributed by atoms with Gasteiger partial charge in [-0.1, -0.05) is 13.8 Å². The van der Waals surface area contributed by atoms with Gasteiger partial charge in [0.15, 0.2) is 0 Å². The molecule has 1 rings (SSSR count). The molecule has 0 aliphatic carbocycles. The third-order valence-corrected chi connectivity index (χ3v) is 3.09. The summed E-state index contributed by atoms with van der Waals surface area (Å²) in [5, 5.41) is 8.98. The lowest BCUT2D eigenvalue weighted by Crippen LogP contribution is -2.59. The molecular formula is C10H20N2O2. The van der Waals surface area contributed by atoms with Crippen LogP contribution in [0.3, 0.4) is 0 Å². The largest absolute Gasteiger partial charge is 0.480 e. The molecule has 0 amide bonds. The molecule has 0 bridgehead atoms. The fourth-order valence-corrected chi connectivity index (χ4v) is 2.10. The van der Waals surface area contributed by atoms with Gasteiger partial charge in [0, 0.05) is 19.1 Å². The maximum absolute atomic E-state index is 10.9. The Kier molecular flexibility index (Phi) is 3.50. The van der Waals surface area contributed by atoms with Crippen molar-refractivity contribution in [3.63, 3.8) is 0 Å². The van der Waals surface area contributed by atoms with Crippen molar-refractivity contribution >= 4 is 5.97 Å². The Hall–Kier alpha value is -0.610. The lowest BCUT2D eigenvalue weighted by Gasteiger charge is -2.43.